The second kappa shape index (κ2) is 11.1. The first-order valence-corrected chi connectivity index (χ1v) is 13.5. The number of imidazole rings is 1. The molecule has 3 aromatic carbocycles. The van der Waals surface area contributed by atoms with E-state index < -0.39 is 5.41 Å². The highest BCUT2D eigenvalue weighted by atomic mass is 35.5. The number of tetrazole rings is 1. The first kappa shape index (κ1) is 26.2. The highest BCUT2D eigenvalue weighted by Crippen LogP contribution is 2.39. The number of thioether (sulfide) groups is 1. The molecule has 2 heterocycles. The van der Waals surface area contributed by atoms with E-state index in [4.69, 9.17) is 32.9 Å². The molecule has 0 aliphatic carbocycles. The number of halogens is 3. The second-order valence-electron chi connectivity index (χ2n) is 8.98. The van der Waals surface area contributed by atoms with Gasteiger partial charge in [-0.3, -0.25) is 0 Å². The average Bonchev–Trinajstić information content (AvgIpc) is 3.60. The molecule has 0 radical (unpaired) electrons. The Morgan fingerprint density at radius 2 is 1.68 bits per heavy atom. The van der Waals surface area contributed by atoms with Crippen LogP contribution in [0.25, 0.3) is 22.6 Å². The Labute approximate surface area is 233 Å². The van der Waals surface area contributed by atoms with Crippen molar-refractivity contribution in [2.45, 2.75) is 24.4 Å². The summed E-state index contributed by atoms with van der Waals surface area (Å²) < 4.78 is 19.5. The van der Waals surface area contributed by atoms with Crippen molar-refractivity contribution in [2.24, 2.45) is 0 Å². The molecule has 0 bridgehead atoms. The Morgan fingerprint density at radius 1 is 0.947 bits per heavy atom. The third-order valence-corrected chi connectivity index (χ3v) is 7.69. The fraction of sp³-hybridized carbons (Fsp3) is 0.185. The first-order valence-electron chi connectivity index (χ1n) is 11.7. The number of benzene rings is 3. The van der Waals surface area contributed by atoms with Gasteiger partial charge in [0.1, 0.15) is 11.6 Å². The van der Waals surface area contributed by atoms with Crippen LogP contribution in [-0.4, -0.2) is 43.0 Å². The van der Waals surface area contributed by atoms with Crippen molar-refractivity contribution in [1.29, 1.82) is 0 Å². The molecule has 0 unspecified atom stereocenters. The quantitative estimate of drug-likeness (QED) is 0.144. The van der Waals surface area contributed by atoms with E-state index in [1.165, 1.54) is 12.1 Å². The topological polar surface area (TPSA) is 92.4 Å². The third-order valence-electron chi connectivity index (χ3n) is 6.11. The van der Waals surface area contributed by atoms with Gasteiger partial charge >= 0.3 is 0 Å². The molecular formula is C27H23Cl2FN6OS. The number of nitrogens with one attached hydrogen (secondary N) is 2. The molecule has 7 nitrogen and oxygen atoms in total. The summed E-state index contributed by atoms with van der Waals surface area (Å²) in [6.45, 7) is 4.65. The number of hydrogen-bond donors (Lipinski definition) is 2. The van der Waals surface area contributed by atoms with Crippen LogP contribution in [0.4, 0.5) is 4.39 Å². The van der Waals surface area contributed by atoms with Crippen molar-refractivity contribution in [1.82, 2.24) is 30.6 Å². The summed E-state index contributed by atoms with van der Waals surface area (Å²) in [4.78, 5) is 8.37. The van der Waals surface area contributed by atoms with Gasteiger partial charge in [0.05, 0.1) is 28.0 Å². The van der Waals surface area contributed by atoms with Crippen molar-refractivity contribution in [3.8, 4) is 28.4 Å². The minimum absolute atomic E-state index is 0.299. The number of H-pyrrole nitrogens is 2. The predicted octanol–water partition coefficient (Wildman–Crippen LogP) is 7.20. The third kappa shape index (κ3) is 5.70. The maximum atomic E-state index is 13.6. The molecule has 0 spiro atoms. The molecule has 5 rings (SSSR count). The monoisotopic (exact) mass is 568 g/mol. The Kier molecular flexibility index (Phi) is 7.69. The van der Waals surface area contributed by atoms with Crippen molar-refractivity contribution < 1.29 is 9.13 Å². The van der Waals surface area contributed by atoms with Crippen molar-refractivity contribution >= 4 is 35.0 Å². The van der Waals surface area contributed by atoms with Gasteiger partial charge in [0.15, 0.2) is 5.16 Å². The summed E-state index contributed by atoms with van der Waals surface area (Å²) in [6.07, 6.45) is 0. The number of nitrogens with zero attached hydrogens (tertiary/aromatic N) is 4. The predicted molar refractivity (Wildman–Crippen MR) is 148 cm³/mol. The van der Waals surface area contributed by atoms with Gasteiger partial charge in [-0.1, -0.05) is 54.9 Å². The zero-order valence-electron chi connectivity index (χ0n) is 20.5. The normalized spacial score (nSPS) is 11.6. The minimum Gasteiger partial charge on any atom is -0.493 e. The fourth-order valence-corrected chi connectivity index (χ4v) is 4.99. The van der Waals surface area contributed by atoms with Crippen LogP contribution in [0, 0.1) is 5.82 Å². The van der Waals surface area contributed by atoms with Crippen LogP contribution in [0.15, 0.2) is 71.9 Å². The number of aromatic amines is 2. The summed E-state index contributed by atoms with van der Waals surface area (Å²) in [7, 11) is 0. The molecule has 0 atom stereocenters. The maximum absolute atomic E-state index is 13.6. The van der Waals surface area contributed by atoms with Gasteiger partial charge in [-0.2, -0.15) is 5.21 Å². The average molecular weight is 569 g/mol. The minimum atomic E-state index is -0.485. The highest BCUT2D eigenvalue weighted by Gasteiger charge is 2.30. The maximum Gasteiger partial charge on any atom is 0.204 e. The van der Waals surface area contributed by atoms with E-state index in [1.54, 1.807) is 30.0 Å². The van der Waals surface area contributed by atoms with Crippen LogP contribution in [0.2, 0.25) is 10.0 Å². The first-order chi connectivity index (χ1) is 18.3. The van der Waals surface area contributed by atoms with Crippen molar-refractivity contribution in [2.75, 3.05) is 12.4 Å². The van der Waals surface area contributed by atoms with Gasteiger partial charge in [-0.05, 0) is 71.4 Å². The van der Waals surface area contributed by atoms with E-state index in [2.05, 4.69) is 39.5 Å². The second-order valence-corrected chi connectivity index (χ2v) is 10.9. The van der Waals surface area contributed by atoms with Crippen LogP contribution in [0.3, 0.4) is 0 Å². The Hall–Kier alpha value is -3.40. The van der Waals surface area contributed by atoms with Crippen LogP contribution in [0.1, 0.15) is 25.1 Å². The standard InChI is InChI=1S/C27H23Cl2FN6OS/c1-27(2,18-7-12-21(28)22(29)15-18)24-23(16-3-8-19(30)9-4-16)31-26(32-24)38-14-13-37-20-10-5-17(6-11-20)25-33-35-36-34-25/h3-12,15H,13-14H2,1-2H3,(H,31,32)(H,33,34,35,36). The van der Waals surface area contributed by atoms with E-state index in [0.717, 1.165) is 39.0 Å². The summed E-state index contributed by atoms with van der Waals surface area (Å²) in [5.74, 6) is 1.63. The molecule has 38 heavy (non-hydrogen) atoms. The van der Waals surface area contributed by atoms with E-state index in [0.29, 0.717) is 28.2 Å². The number of rotatable bonds is 9. The largest absolute Gasteiger partial charge is 0.493 e. The van der Waals surface area contributed by atoms with E-state index in [-0.39, 0.29) is 5.82 Å². The SMILES string of the molecule is CC(C)(c1ccc(Cl)c(Cl)c1)c1[nH]c(SCCOc2ccc(-c3nn[nH]n3)cc2)nc1-c1ccc(F)cc1. The van der Waals surface area contributed by atoms with Gasteiger partial charge in [-0.25, -0.2) is 9.37 Å². The molecule has 0 aliphatic rings. The summed E-state index contributed by atoms with van der Waals surface area (Å²) in [6, 6.07) is 19.4. The van der Waals surface area contributed by atoms with Gasteiger partial charge in [0.2, 0.25) is 5.82 Å². The van der Waals surface area contributed by atoms with Gasteiger partial charge in [-0.15, -0.1) is 10.2 Å². The van der Waals surface area contributed by atoms with E-state index in [9.17, 15) is 4.39 Å². The lowest BCUT2D eigenvalue weighted by atomic mass is 9.80. The van der Waals surface area contributed by atoms with Gasteiger partial charge < -0.3 is 9.72 Å². The lowest BCUT2D eigenvalue weighted by Gasteiger charge is -2.26. The van der Waals surface area contributed by atoms with Crippen LogP contribution >= 0.6 is 35.0 Å². The molecule has 11 heteroatoms. The highest BCUT2D eigenvalue weighted by molar-refractivity contribution is 7.99. The molecular weight excluding hydrogens is 546 g/mol. The number of ether oxygens (including phenoxy) is 1. The van der Waals surface area contributed by atoms with Crippen LogP contribution < -0.4 is 4.74 Å². The number of aromatic nitrogens is 6. The lowest BCUT2D eigenvalue weighted by Crippen LogP contribution is -2.20. The molecule has 0 saturated carbocycles. The molecule has 2 N–H and O–H groups in total. The van der Waals surface area contributed by atoms with E-state index in [1.807, 2.05) is 36.4 Å². The zero-order valence-corrected chi connectivity index (χ0v) is 22.8. The van der Waals surface area contributed by atoms with Crippen LogP contribution in [0.5, 0.6) is 5.75 Å². The summed E-state index contributed by atoms with van der Waals surface area (Å²) in [5.41, 5.74) is 3.80. The summed E-state index contributed by atoms with van der Waals surface area (Å²) >= 11 is 14.0. The Bertz CT molecular complexity index is 1520. The van der Waals surface area contributed by atoms with E-state index >= 15 is 0 Å². The molecule has 0 aliphatic heterocycles. The number of hydrogen-bond acceptors (Lipinski definition) is 6. The molecule has 194 valence electrons. The lowest BCUT2D eigenvalue weighted by molar-refractivity contribution is 0.344. The molecule has 0 amide bonds. The Morgan fingerprint density at radius 3 is 2.37 bits per heavy atom. The van der Waals surface area contributed by atoms with Crippen molar-refractivity contribution in [3.05, 3.63) is 93.8 Å². The van der Waals surface area contributed by atoms with Crippen molar-refractivity contribution in [3.63, 3.8) is 0 Å². The molecule has 2 aromatic heterocycles. The smallest absolute Gasteiger partial charge is 0.204 e. The zero-order chi connectivity index (χ0) is 26.7. The summed E-state index contributed by atoms with van der Waals surface area (Å²) in [5, 5.41) is 15.7. The van der Waals surface area contributed by atoms with Gasteiger partial charge in [0, 0.05) is 22.3 Å². The van der Waals surface area contributed by atoms with Crippen LogP contribution in [-0.2, 0) is 5.41 Å². The Balaban J connectivity index is 1.33. The molecule has 0 fully saturated rings. The molecule has 5 aromatic rings. The van der Waals surface area contributed by atoms with Gasteiger partial charge in [0.25, 0.3) is 0 Å². The molecule has 0 saturated heterocycles. The fourth-order valence-electron chi connectivity index (χ4n) is 4.00.